The third-order valence-corrected chi connectivity index (χ3v) is 6.00. The zero-order valence-electron chi connectivity index (χ0n) is 16.2. The van der Waals surface area contributed by atoms with Crippen LogP contribution in [0, 0.1) is 0 Å². The van der Waals surface area contributed by atoms with Crippen molar-refractivity contribution < 1.29 is 28.6 Å². The maximum Gasteiger partial charge on any atom is 0.326 e. The van der Waals surface area contributed by atoms with Crippen LogP contribution in [0.3, 0.4) is 0 Å². The fourth-order valence-corrected chi connectivity index (χ4v) is 4.28. The van der Waals surface area contributed by atoms with Gasteiger partial charge in [0.2, 0.25) is 18.6 Å². The lowest BCUT2D eigenvalue weighted by Gasteiger charge is -2.34. The molecule has 9 nitrogen and oxygen atoms in total. The van der Waals surface area contributed by atoms with Crippen molar-refractivity contribution in [2.24, 2.45) is 0 Å². The van der Waals surface area contributed by atoms with Gasteiger partial charge in [0.05, 0.1) is 5.75 Å². The van der Waals surface area contributed by atoms with Crippen molar-refractivity contribution >= 4 is 23.6 Å². The standard InChI is InChI=1S/C21H17N3O6S/c25-18(24-9-14-4-2-1-3-12(14)7-15(24)20(26)27)10-31-21-23-22-19(30-21)13-5-6-16-17(8-13)29-11-28-16/h1-6,8,15H,7,9-11H2,(H,26,27). The van der Waals surface area contributed by atoms with Gasteiger partial charge in [-0.2, -0.15) is 0 Å². The van der Waals surface area contributed by atoms with Crippen LogP contribution in [-0.2, 0) is 22.6 Å². The average molecular weight is 439 g/mol. The number of aliphatic carboxylic acids is 1. The van der Waals surface area contributed by atoms with Gasteiger partial charge < -0.3 is 23.9 Å². The fraction of sp³-hybridized carbons (Fsp3) is 0.238. The summed E-state index contributed by atoms with van der Waals surface area (Å²) in [6.07, 6.45) is 0.288. The number of aromatic nitrogens is 2. The number of hydrogen-bond donors (Lipinski definition) is 1. The van der Waals surface area contributed by atoms with E-state index in [1.807, 2.05) is 24.3 Å². The summed E-state index contributed by atoms with van der Waals surface area (Å²) in [6.45, 7) is 0.433. The molecule has 3 aromatic rings. The van der Waals surface area contributed by atoms with E-state index < -0.39 is 12.0 Å². The van der Waals surface area contributed by atoms with E-state index >= 15 is 0 Å². The Labute approximate surface area is 181 Å². The van der Waals surface area contributed by atoms with E-state index in [1.54, 1.807) is 18.2 Å². The van der Waals surface area contributed by atoms with Gasteiger partial charge in [-0.3, -0.25) is 4.79 Å². The van der Waals surface area contributed by atoms with Crippen molar-refractivity contribution in [2.75, 3.05) is 12.5 Å². The molecule has 2 aromatic carbocycles. The molecule has 0 bridgehead atoms. The zero-order valence-corrected chi connectivity index (χ0v) is 17.0. The highest BCUT2D eigenvalue weighted by atomic mass is 32.2. The minimum Gasteiger partial charge on any atom is -0.480 e. The quantitative estimate of drug-likeness (QED) is 0.599. The van der Waals surface area contributed by atoms with Gasteiger partial charge >= 0.3 is 5.97 Å². The van der Waals surface area contributed by atoms with Crippen LogP contribution in [0.4, 0.5) is 0 Å². The van der Waals surface area contributed by atoms with Gasteiger partial charge in [0.25, 0.3) is 5.22 Å². The predicted octanol–water partition coefficient (Wildman–Crippen LogP) is 2.60. The van der Waals surface area contributed by atoms with Gasteiger partial charge in [-0.15, -0.1) is 10.2 Å². The Balaban J connectivity index is 1.27. The summed E-state index contributed by atoms with van der Waals surface area (Å²) in [5.74, 6) is 0.230. The lowest BCUT2D eigenvalue weighted by atomic mass is 9.94. The highest BCUT2D eigenvalue weighted by molar-refractivity contribution is 7.99. The number of hydrogen-bond acceptors (Lipinski definition) is 8. The van der Waals surface area contributed by atoms with Crippen molar-refractivity contribution in [2.45, 2.75) is 24.2 Å². The number of rotatable bonds is 5. The van der Waals surface area contributed by atoms with E-state index in [2.05, 4.69) is 10.2 Å². The Morgan fingerprint density at radius 1 is 1.10 bits per heavy atom. The number of carboxylic acid groups (broad SMARTS) is 1. The van der Waals surface area contributed by atoms with Crippen LogP contribution >= 0.6 is 11.8 Å². The summed E-state index contributed by atoms with van der Waals surface area (Å²) in [5.41, 5.74) is 2.59. The molecule has 1 unspecified atom stereocenters. The molecule has 0 aliphatic carbocycles. The van der Waals surface area contributed by atoms with Crippen LogP contribution in [0.25, 0.3) is 11.5 Å². The minimum atomic E-state index is -1.02. The van der Waals surface area contributed by atoms with E-state index in [-0.39, 0.29) is 36.6 Å². The maximum atomic E-state index is 12.8. The van der Waals surface area contributed by atoms with Gasteiger partial charge in [-0.1, -0.05) is 36.0 Å². The largest absolute Gasteiger partial charge is 0.480 e. The normalized spacial score (nSPS) is 16.8. The zero-order chi connectivity index (χ0) is 21.4. The molecule has 31 heavy (non-hydrogen) atoms. The van der Waals surface area contributed by atoms with Crippen molar-refractivity contribution in [3.05, 3.63) is 53.6 Å². The summed E-state index contributed by atoms with van der Waals surface area (Å²) in [7, 11) is 0. The van der Waals surface area contributed by atoms with E-state index in [9.17, 15) is 14.7 Å². The number of carbonyl (C=O) groups excluding carboxylic acids is 1. The number of carboxylic acids is 1. The number of thioether (sulfide) groups is 1. The molecule has 5 rings (SSSR count). The number of carbonyl (C=O) groups is 2. The first-order chi connectivity index (χ1) is 15.1. The van der Waals surface area contributed by atoms with E-state index in [0.29, 0.717) is 23.0 Å². The van der Waals surface area contributed by atoms with Gasteiger partial charge in [-0.25, -0.2) is 4.79 Å². The second-order valence-electron chi connectivity index (χ2n) is 7.08. The first kappa shape index (κ1) is 19.4. The lowest BCUT2D eigenvalue weighted by molar-refractivity contribution is -0.150. The molecule has 0 saturated heterocycles. The SMILES string of the molecule is O=C(O)C1Cc2ccccc2CN1C(=O)CSc1nnc(-c2ccc3c(c2)OCO3)o1. The molecule has 0 saturated carbocycles. The molecule has 3 heterocycles. The first-order valence-electron chi connectivity index (χ1n) is 9.54. The van der Waals surface area contributed by atoms with Crippen molar-refractivity contribution in [1.29, 1.82) is 0 Å². The second-order valence-corrected chi connectivity index (χ2v) is 8.00. The molecule has 0 radical (unpaired) electrons. The van der Waals surface area contributed by atoms with Crippen LogP contribution in [0.2, 0.25) is 0 Å². The monoisotopic (exact) mass is 439 g/mol. The van der Waals surface area contributed by atoms with E-state index in [1.165, 1.54) is 4.90 Å². The molecule has 1 aromatic heterocycles. The number of benzene rings is 2. The average Bonchev–Trinajstić information content (AvgIpc) is 3.45. The Morgan fingerprint density at radius 3 is 2.74 bits per heavy atom. The summed E-state index contributed by atoms with van der Waals surface area (Å²) in [5, 5.41) is 17.8. The first-order valence-corrected chi connectivity index (χ1v) is 10.5. The van der Waals surface area contributed by atoms with E-state index in [4.69, 9.17) is 13.9 Å². The molecule has 2 aliphatic heterocycles. The lowest BCUT2D eigenvalue weighted by Crippen LogP contribution is -2.49. The molecule has 0 spiro atoms. The topological polar surface area (TPSA) is 115 Å². The number of ether oxygens (including phenoxy) is 2. The van der Waals surface area contributed by atoms with Crippen LogP contribution in [0.15, 0.2) is 52.1 Å². The van der Waals surface area contributed by atoms with Crippen molar-refractivity contribution in [3.63, 3.8) is 0 Å². The molecule has 1 amide bonds. The van der Waals surface area contributed by atoms with Crippen LogP contribution in [0.5, 0.6) is 11.5 Å². The summed E-state index contributed by atoms with van der Waals surface area (Å²) in [4.78, 5) is 26.0. The third-order valence-electron chi connectivity index (χ3n) is 5.20. The molecule has 158 valence electrons. The highest BCUT2D eigenvalue weighted by Crippen LogP contribution is 2.36. The van der Waals surface area contributed by atoms with Crippen LogP contribution in [0.1, 0.15) is 11.1 Å². The molecule has 10 heteroatoms. The fourth-order valence-electron chi connectivity index (χ4n) is 3.63. The van der Waals surface area contributed by atoms with Gasteiger partial charge in [0.1, 0.15) is 6.04 Å². The Kier molecular flexibility index (Phi) is 4.99. The van der Waals surface area contributed by atoms with Gasteiger partial charge in [-0.05, 0) is 29.3 Å². The van der Waals surface area contributed by atoms with Gasteiger partial charge in [0, 0.05) is 18.5 Å². The Bertz CT molecular complexity index is 1160. The second kappa shape index (κ2) is 7.95. The number of amides is 1. The summed E-state index contributed by atoms with van der Waals surface area (Å²) >= 11 is 1.08. The van der Waals surface area contributed by atoms with E-state index in [0.717, 1.165) is 22.9 Å². The Morgan fingerprint density at radius 2 is 1.90 bits per heavy atom. The summed E-state index contributed by atoms with van der Waals surface area (Å²) in [6, 6.07) is 12.0. The third kappa shape index (κ3) is 3.81. The molecule has 1 N–H and O–H groups in total. The van der Waals surface area contributed by atoms with Crippen LogP contribution in [-0.4, -0.2) is 50.7 Å². The maximum absolute atomic E-state index is 12.8. The molecule has 1 atom stereocenters. The van der Waals surface area contributed by atoms with Crippen molar-refractivity contribution in [1.82, 2.24) is 15.1 Å². The molecular weight excluding hydrogens is 422 g/mol. The smallest absolute Gasteiger partial charge is 0.326 e. The number of fused-ring (bicyclic) bond motifs is 2. The molecule has 2 aliphatic rings. The molecular formula is C21H17N3O6S. The minimum absolute atomic E-state index is 0.00524. The predicted molar refractivity (Wildman–Crippen MR) is 109 cm³/mol. The Hall–Kier alpha value is -3.53. The highest BCUT2D eigenvalue weighted by Gasteiger charge is 2.34. The van der Waals surface area contributed by atoms with Gasteiger partial charge in [0.15, 0.2) is 11.5 Å². The molecule has 0 fully saturated rings. The summed E-state index contributed by atoms with van der Waals surface area (Å²) < 4.78 is 16.3. The number of nitrogens with zero attached hydrogens (tertiary/aromatic N) is 3. The van der Waals surface area contributed by atoms with Crippen LogP contribution < -0.4 is 9.47 Å². The van der Waals surface area contributed by atoms with Crippen molar-refractivity contribution in [3.8, 4) is 23.0 Å².